The second-order valence-corrected chi connectivity index (χ2v) is 4.24. The van der Waals surface area contributed by atoms with E-state index in [1.54, 1.807) is 19.2 Å². The standard InChI is InChI=1S/C8H11NO2S/c1-5-9-6(4-12-5)8(2,3)7(10)11/h4H,1-3H3,(H,10,11). The van der Waals surface area contributed by atoms with Crippen LogP contribution in [0.2, 0.25) is 0 Å². The van der Waals surface area contributed by atoms with Gasteiger partial charge < -0.3 is 5.11 Å². The first-order chi connectivity index (χ1) is 5.44. The number of hydrogen-bond acceptors (Lipinski definition) is 3. The largest absolute Gasteiger partial charge is 0.481 e. The van der Waals surface area contributed by atoms with Crippen LogP contribution in [0.5, 0.6) is 0 Å². The molecule has 1 aromatic heterocycles. The zero-order chi connectivity index (χ0) is 9.35. The van der Waals surface area contributed by atoms with Gasteiger partial charge in [-0.2, -0.15) is 0 Å². The van der Waals surface area contributed by atoms with Crippen LogP contribution in [-0.2, 0) is 10.2 Å². The molecule has 0 fully saturated rings. The fourth-order valence-electron chi connectivity index (χ4n) is 0.760. The van der Waals surface area contributed by atoms with Gasteiger partial charge in [0, 0.05) is 5.38 Å². The van der Waals surface area contributed by atoms with Crippen LogP contribution >= 0.6 is 11.3 Å². The zero-order valence-corrected chi connectivity index (χ0v) is 8.10. The fraction of sp³-hybridized carbons (Fsp3) is 0.500. The summed E-state index contributed by atoms with van der Waals surface area (Å²) >= 11 is 1.47. The topological polar surface area (TPSA) is 50.2 Å². The van der Waals surface area contributed by atoms with Crippen molar-refractivity contribution >= 4 is 17.3 Å². The molecule has 0 unspecified atom stereocenters. The molecule has 0 atom stereocenters. The van der Waals surface area contributed by atoms with Crippen molar-refractivity contribution in [2.24, 2.45) is 0 Å². The SMILES string of the molecule is Cc1nc(C(C)(C)C(=O)O)cs1. The summed E-state index contributed by atoms with van der Waals surface area (Å²) in [6.07, 6.45) is 0. The lowest BCUT2D eigenvalue weighted by atomic mass is 9.90. The predicted octanol–water partition coefficient (Wildman–Crippen LogP) is 1.81. The van der Waals surface area contributed by atoms with E-state index in [9.17, 15) is 4.79 Å². The van der Waals surface area contributed by atoms with Crippen molar-refractivity contribution in [3.8, 4) is 0 Å². The average molecular weight is 185 g/mol. The highest BCUT2D eigenvalue weighted by Gasteiger charge is 2.31. The molecule has 0 saturated carbocycles. The third-order valence-corrected chi connectivity index (χ3v) is 2.57. The van der Waals surface area contributed by atoms with Gasteiger partial charge in [0.15, 0.2) is 0 Å². The number of hydrogen-bond donors (Lipinski definition) is 1. The molecule has 1 rings (SSSR count). The third kappa shape index (κ3) is 1.48. The molecule has 0 saturated heterocycles. The van der Waals surface area contributed by atoms with Crippen LogP contribution < -0.4 is 0 Å². The van der Waals surface area contributed by atoms with Gasteiger partial charge in [-0.25, -0.2) is 4.98 Å². The van der Waals surface area contributed by atoms with Gasteiger partial charge in [0.05, 0.1) is 10.7 Å². The second-order valence-electron chi connectivity index (χ2n) is 3.18. The lowest BCUT2D eigenvalue weighted by molar-refractivity contribution is -0.142. The van der Waals surface area contributed by atoms with Crippen LogP contribution in [0.4, 0.5) is 0 Å². The van der Waals surface area contributed by atoms with E-state index in [1.165, 1.54) is 11.3 Å². The van der Waals surface area contributed by atoms with Gasteiger partial charge in [-0.05, 0) is 20.8 Å². The Morgan fingerprint density at radius 3 is 2.58 bits per heavy atom. The Hall–Kier alpha value is -0.900. The molecular weight excluding hydrogens is 174 g/mol. The molecule has 1 N–H and O–H groups in total. The first kappa shape index (κ1) is 9.19. The van der Waals surface area contributed by atoms with Crippen molar-refractivity contribution in [1.29, 1.82) is 0 Å². The highest BCUT2D eigenvalue weighted by molar-refractivity contribution is 7.09. The lowest BCUT2D eigenvalue weighted by Crippen LogP contribution is -2.28. The number of thiazole rings is 1. The third-order valence-electron chi connectivity index (χ3n) is 1.79. The molecule has 1 heterocycles. The van der Waals surface area contributed by atoms with Gasteiger partial charge >= 0.3 is 5.97 Å². The Bertz CT molecular complexity index is 304. The lowest BCUT2D eigenvalue weighted by Gasteiger charge is -2.15. The van der Waals surface area contributed by atoms with Gasteiger partial charge in [0.25, 0.3) is 0 Å². The summed E-state index contributed by atoms with van der Waals surface area (Å²) in [5, 5.41) is 11.6. The molecule has 3 nitrogen and oxygen atoms in total. The van der Waals surface area contributed by atoms with E-state index in [1.807, 2.05) is 6.92 Å². The fourth-order valence-corrected chi connectivity index (χ4v) is 1.54. The van der Waals surface area contributed by atoms with Crippen molar-refractivity contribution in [3.05, 3.63) is 16.1 Å². The minimum Gasteiger partial charge on any atom is -0.481 e. The summed E-state index contributed by atoms with van der Waals surface area (Å²) in [6, 6.07) is 0. The highest BCUT2D eigenvalue weighted by Crippen LogP contribution is 2.24. The second kappa shape index (κ2) is 2.86. The van der Waals surface area contributed by atoms with Gasteiger partial charge in [-0.1, -0.05) is 0 Å². The summed E-state index contributed by atoms with van der Waals surface area (Å²) < 4.78 is 0. The summed E-state index contributed by atoms with van der Waals surface area (Å²) in [4.78, 5) is 14.9. The van der Waals surface area contributed by atoms with Crippen molar-refractivity contribution < 1.29 is 9.90 Å². The van der Waals surface area contributed by atoms with E-state index < -0.39 is 11.4 Å². The molecule has 0 aliphatic heterocycles. The van der Waals surface area contributed by atoms with E-state index in [-0.39, 0.29) is 0 Å². The summed E-state index contributed by atoms with van der Waals surface area (Å²) in [7, 11) is 0. The Morgan fingerprint density at radius 2 is 2.25 bits per heavy atom. The Balaban J connectivity index is 3.05. The van der Waals surface area contributed by atoms with Gasteiger partial charge in [0.2, 0.25) is 0 Å². The molecule has 0 aliphatic rings. The van der Waals surface area contributed by atoms with E-state index in [4.69, 9.17) is 5.11 Å². The summed E-state index contributed by atoms with van der Waals surface area (Å²) in [5.74, 6) is -0.840. The number of nitrogens with zero attached hydrogens (tertiary/aromatic N) is 1. The number of carbonyl (C=O) groups is 1. The monoisotopic (exact) mass is 185 g/mol. The quantitative estimate of drug-likeness (QED) is 0.764. The molecule has 0 aliphatic carbocycles. The molecule has 1 aromatic rings. The van der Waals surface area contributed by atoms with E-state index in [0.29, 0.717) is 5.69 Å². The Kier molecular flexibility index (Phi) is 2.19. The summed E-state index contributed by atoms with van der Waals surface area (Å²) in [5.41, 5.74) is -0.234. The van der Waals surface area contributed by atoms with Gasteiger partial charge in [-0.15, -0.1) is 11.3 Å². The maximum absolute atomic E-state index is 10.8. The predicted molar refractivity (Wildman–Crippen MR) is 47.5 cm³/mol. The summed E-state index contributed by atoms with van der Waals surface area (Å²) in [6.45, 7) is 5.18. The van der Waals surface area contributed by atoms with Crippen molar-refractivity contribution in [1.82, 2.24) is 4.98 Å². The number of carboxylic acids is 1. The number of aromatic nitrogens is 1. The molecule has 0 bridgehead atoms. The molecule has 66 valence electrons. The molecule has 4 heteroatoms. The van der Waals surface area contributed by atoms with Crippen LogP contribution in [0.25, 0.3) is 0 Å². The minimum absolute atomic E-state index is 0.637. The molecule has 0 aromatic carbocycles. The van der Waals surface area contributed by atoms with Crippen LogP contribution in [0.1, 0.15) is 24.5 Å². The number of aryl methyl sites for hydroxylation is 1. The maximum atomic E-state index is 10.8. The molecular formula is C8H11NO2S. The minimum atomic E-state index is -0.870. The maximum Gasteiger partial charge on any atom is 0.315 e. The van der Waals surface area contributed by atoms with Gasteiger partial charge in [-0.3, -0.25) is 4.79 Å². The first-order valence-corrected chi connectivity index (χ1v) is 4.48. The van der Waals surface area contributed by atoms with Crippen molar-refractivity contribution in [2.75, 3.05) is 0 Å². The van der Waals surface area contributed by atoms with Crippen LogP contribution in [0, 0.1) is 6.92 Å². The van der Waals surface area contributed by atoms with E-state index >= 15 is 0 Å². The van der Waals surface area contributed by atoms with Crippen molar-refractivity contribution in [3.63, 3.8) is 0 Å². The normalized spacial score (nSPS) is 11.6. The van der Waals surface area contributed by atoms with Crippen LogP contribution in [0.3, 0.4) is 0 Å². The van der Waals surface area contributed by atoms with E-state index in [2.05, 4.69) is 4.98 Å². The van der Waals surface area contributed by atoms with Gasteiger partial charge in [0.1, 0.15) is 5.41 Å². The highest BCUT2D eigenvalue weighted by atomic mass is 32.1. The number of carboxylic acid groups (broad SMARTS) is 1. The van der Waals surface area contributed by atoms with Crippen LogP contribution in [-0.4, -0.2) is 16.1 Å². The first-order valence-electron chi connectivity index (χ1n) is 3.60. The Morgan fingerprint density at radius 1 is 1.67 bits per heavy atom. The zero-order valence-electron chi connectivity index (χ0n) is 7.29. The number of aliphatic carboxylic acids is 1. The smallest absolute Gasteiger partial charge is 0.315 e. The molecule has 0 spiro atoms. The van der Waals surface area contributed by atoms with E-state index in [0.717, 1.165) is 5.01 Å². The van der Waals surface area contributed by atoms with Crippen LogP contribution in [0.15, 0.2) is 5.38 Å². The Labute approximate surface area is 75.1 Å². The molecule has 0 radical (unpaired) electrons. The van der Waals surface area contributed by atoms with Crippen molar-refractivity contribution in [2.45, 2.75) is 26.2 Å². The number of rotatable bonds is 2. The molecule has 0 amide bonds. The molecule has 12 heavy (non-hydrogen) atoms. The average Bonchev–Trinajstić information content (AvgIpc) is 2.35.